The van der Waals surface area contributed by atoms with Crippen LogP contribution in [0.2, 0.25) is 0 Å². The zero-order valence-corrected chi connectivity index (χ0v) is 16.5. The number of nitrogens with one attached hydrogen (secondary N) is 2. The van der Waals surface area contributed by atoms with Crippen molar-refractivity contribution in [2.45, 2.75) is 49.2 Å². The first-order valence-corrected chi connectivity index (χ1v) is 11.2. The first-order chi connectivity index (χ1) is 13.6. The molecule has 0 radical (unpaired) electrons. The molecule has 1 heterocycles. The molecule has 3 aromatic rings. The second-order valence-electron chi connectivity index (χ2n) is 7.39. The van der Waals surface area contributed by atoms with Crippen LogP contribution in [0.1, 0.15) is 31.2 Å². The van der Waals surface area contributed by atoms with Crippen molar-refractivity contribution < 1.29 is 8.42 Å². The summed E-state index contributed by atoms with van der Waals surface area (Å²) in [5, 5.41) is 5.14. The number of benzene rings is 2. The van der Waals surface area contributed by atoms with E-state index in [1.165, 1.54) is 5.56 Å². The van der Waals surface area contributed by atoms with E-state index >= 15 is 0 Å². The van der Waals surface area contributed by atoms with Crippen molar-refractivity contribution in [3.05, 3.63) is 72.6 Å². The van der Waals surface area contributed by atoms with Crippen molar-refractivity contribution in [3.8, 4) is 0 Å². The summed E-state index contributed by atoms with van der Waals surface area (Å²) in [6.07, 6.45) is 6.96. The number of sulfonamides is 1. The molecule has 0 unspecified atom stereocenters. The molecular formula is C22H25N3O2S. The van der Waals surface area contributed by atoms with E-state index in [0.717, 1.165) is 37.6 Å². The van der Waals surface area contributed by atoms with Crippen LogP contribution < -0.4 is 10.0 Å². The van der Waals surface area contributed by atoms with Crippen LogP contribution in [0.4, 0.5) is 0 Å². The smallest absolute Gasteiger partial charge is 0.241 e. The lowest BCUT2D eigenvalue weighted by Gasteiger charge is -2.29. The maximum Gasteiger partial charge on any atom is 0.241 e. The molecule has 28 heavy (non-hydrogen) atoms. The van der Waals surface area contributed by atoms with Gasteiger partial charge in [0.15, 0.2) is 0 Å². The second kappa shape index (κ2) is 8.39. The Morgan fingerprint density at radius 1 is 0.893 bits per heavy atom. The molecule has 4 rings (SSSR count). The molecule has 1 saturated carbocycles. The summed E-state index contributed by atoms with van der Waals surface area (Å²) in [5.41, 5.74) is 1.27. The van der Waals surface area contributed by atoms with Crippen LogP contribution >= 0.6 is 0 Å². The molecule has 0 aliphatic heterocycles. The number of hydrogen-bond acceptors (Lipinski definition) is 4. The first-order valence-electron chi connectivity index (χ1n) is 9.74. The number of aromatic nitrogens is 1. The van der Waals surface area contributed by atoms with Crippen molar-refractivity contribution in [2.75, 3.05) is 0 Å². The predicted octanol–water partition coefficient (Wildman–Crippen LogP) is 3.61. The normalized spacial score (nSPS) is 20.3. The van der Waals surface area contributed by atoms with Crippen molar-refractivity contribution in [2.24, 2.45) is 0 Å². The molecule has 2 N–H and O–H groups in total. The van der Waals surface area contributed by atoms with Crippen LogP contribution in [0.3, 0.4) is 0 Å². The molecule has 1 fully saturated rings. The molecule has 0 spiro atoms. The van der Waals surface area contributed by atoms with Crippen LogP contribution in [-0.2, 0) is 16.6 Å². The molecule has 1 aliphatic carbocycles. The Morgan fingerprint density at radius 3 is 2.43 bits per heavy atom. The van der Waals surface area contributed by atoms with Gasteiger partial charge in [-0.25, -0.2) is 13.1 Å². The van der Waals surface area contributed by atoms with Gasteiger partial charge in [-0.3, -0.25) is 4.98 Å². The molecule has 0 atom stereocenters. The standard InChI is InChI=1S/C22H25N3O2S/c26-28(27,22-8-4-7-18-16-23-14-13-21(18)22)25-20-11-9-19(10-12-20)24-15-17-5-2-1-3-6-17/h1-8,13-14,16,19-20,24-25H,9-12,15H2. The maximum absolute atomic E-state index is 13.0. The highest BCUT2D eigenvalue weighted by Gasteiger charge is 2.26. The Hall–Kier alpha value is -2.28. The fourth-order valence-corrected chi connectivity index (χ4v) is 5.42. The molecular weight excluding hydrogens is 370 g/mol. The van der Waals surface area contributed by atoms with Crippen LogP contribution in [0, 0.1) is 0 Å². The van der Waals surface area contributed by atoms with Gasteiger partial charge in [0.25, 0.3) is 0 Å². The Balaban J connectivity index is 1.36. The second-order valence-corrected chi connectivity index (χ2v) is 9.07. The van der Waals surface area contributed by atoms with Crippen LogP contribution in [0.25, 0.3) is 10.8 Å². The average Bonchev–Trinajstić information content (AvgIpc) is 2.73. The van der Waals surface area contributed by atoms with Crippen molar-refractivity contribution in [1.29, 1.82) is 0 Å². The molecule has 1 aliphatic rings. The summed E-state index contributed by atoms with van der Waals surface area (Å²) >= 11 is 0. The van der Waals surface area contributed by atoms with Gasteiger partial charge in [-0.15, -0.1) is 0 Å². The highest BCUT2D eigenvalue weighted by Crippen LogP contribution is 2.25. The number of hydrogen-bond donors (Lipinski definition) is 2. The minimum absolute atomic E-state index is 0.0168. The van der Waals surface area contributed by atoms with E-state index in [0.29, 0.717) is 16.3 Å². The monoisotopic (exact) mass is 395 g/mol. The van der Waals surface area contributed by atoms with Crippen molar-refractivity contribution in [1.82, 2.24) is 15.0 Å². The number of nitrogens with zero attached hydrogens (tertiary/aromatic N) is 1. The SMILES string of the molecule is O=S(=O)(NC1CCC(NCc2ccccc2)CC1)c1cccc2cnccc12. The Kier molecular flexibility index (Phi) is 5.71. The summed E-state index contributed by atoms with van der Waals surface area (Å²) < 4.78 is 28.8. The largest absolute Gasteiger partial charge is 0.310 e. The Labute approximate surface area is 166 Å². The topological polar surface area (TPSA) is 71.1 Å². The van der Waals surface area contributed by atoms with E-state index in [-0.39, 0.29) is 6.04 Å². The van der Waals surface area contributed by atoms with E-state index < -0.39 is 10.0 Å². The van der Waals surface area contributed by atoms with E-state index in [9.17, 15) is 8.42 Å². The maximum atomic E-state index is 13.0. The van der Waals surface area contributed by atoms with Gasteiger partial charge in [-0.05, 0) is 43.4 Å². The lowest BCUT2D eigenvalue weighted by Crippen LogP contribution is -2.42. The van der Waals surface area contributed by atoms with E-state index in [1.54, 1.807) is 30.6 Å². The van der Waals surface area contributed by atoms with Gasteiger partial charge in [-0.2, -0.15) is 0 Å². The fourth-order valence-electron chi connectivity index (χ4n) is 3.88. The van der Waals surface area contributed by atoms with Gasteiger partial charge >= 0.3 is 0 Å². The third-order valence-electron chi connectivity index (χ3n) is 5.42. The van der Waals surface area contributed by atoms with E-state index in [2.05, 4.69) is 27.2 Å². The van der Waals surface area contributed by atoms with Gasteiger partial charge in [0.1, 0.15) is 0 Å². The molecule has 0 bridgehead atoms. The predicted molar refractivity (Wildman–Crippen MR) is 111 cm³/mol. The van der Waals surface area contributed by atoms with Gasteiger partial charge in [0.05, 0.1) is 4.90 Å². The fraction of sp³-hybridized carbons (Fsp3) is 0.318. The van der Waals surface area contributed by atoms with Gasteiger partial charge < -0.3 is 5.32 Å². The minimum atomic E-state index is -3.56. The third-order valence-corrected chi connectivity index (χ3v) is 7.00. The Bertz CT molecular complexity index is 1020. The summed E-state index contributed by atoms with van der Waals surface area (Å²) in [4.78, 5) is 4.41. The number of rotatable bonds is 6. The zero-order valence-electron chi connectivity index (χ0n) is 15.7. The third kappa shape index (κ3) is 4.41. The molecule has 6 heteroatoms. The van der Waals surface area contributed by atoms with Crippen molar-refractivity contribution in [3.63, 3.8) is 0 Å². The lowest BCUT2D eigenvalue weighted by molar-refractivity contribution is 0.328. The molecule has 146 valence electrons. The Morgan fingerprint density at radius 2 is 1.64 bits per heavy atom. The van der Waals surface area contributed by atoms with E-state index in [4.69, 9.17) is 0 Å². The van der Waals surface area contributed by atoms with Crippen LogP contribution in [-0.4, -0.2) is 25.5 Å². The molecule has 0 amide bonds. The lowest BCUT2D eigenvalue weighted by atomic mass is 9.92. The van der Waals surface area contributed by atoms with Crippen LogP contribution in [0.5, 0.6) is 0 Å². The quantitative estimate of drug-likeness (QED) is 0.669. The summed E-state index contributed by atoms with van der Waals surface area (Å²) in [7, 11) is -3.56. The summed E-state index contributed by atoms with van der Waals surface area (Å²) in [5.74, 6) is 0. The average molecular weight is 396 g/mol. The first kappa shape index (κ1) is 19.1. The van der Waals surface area contributed by atoms with Gasteiger partial charge in [0, 0.05) is 41.8 Å². The van der Waals surface area contributed by atoms with E-state index in [1.807, 2.05) is 24.3 Å². The number of fused-ring (bicyclic) bond motifs is 1. The summed E-state index contributed by atoms with van der Waals surface area (Å²) in [6, 6.07) is 17.8. The molecule has 0 saturated heterocycles. The van der Waals surface area contributed by atoms with Crippen LogP contribution in [0.15, 0.2) is 71.9 Å². The number of pyridine rings is 1. The summed E-state index contributed by atoms with van der Waals surface area (Å²) in [6.45, 7) is 0.853. The van der Waals surface area contributed by atoms with Gasteiger partial charge in [0.2, 0.25) is 10.0 Å². The molecule has 2 aromatic carbocycles. The highest BCUT2D eigenvalue weighted by molar-refractivity contribution is 7.89. The van der Waals surface area contributed by atoms with Crippen molar-refractivity contribution >= 4 is 20.8 Å². The highest BCUT2D eigenvalue weighted by atomic mass is 32.2. The molecule has 5 nitrogen and oxygen atoms in total. The zero-order chi connectivity index (χ0) is 19.4. The molecule has 1 aromatic heterocycles. The minimum Gasteiger partial charge on any atom is -0.310 e. The van der Waals surface area contributed by atoms with Gasteiger partial charge in [-0.1, -0.05) is 42.5 Å².